The van der Waals surface area contributed by atoms with Gasteiger partial charge in [-0.3, -0.25) is 4.90 Å². The fraction of sp³-hybridized carbons (Fsp3) is 1.00. The van der Waals surface area contributed by atoms with E-state index in [1.54, 1.807) is 0 Å². The van der Waals surface area contributed by atoms with Crippen molar-refractivity contribution in [2.24, 2.45) is 17.3 Å². The summed E-state index contributed by atoms with van der Waals surface area (Å²) in [7, 11) is 2.23. The van der Waals surface area contributed by atoms with Gasteiger partial charge in [0, 0.05) is 39.3 Å². The van der Waals surface area contributed by atoms with Gasteiger partial charge in [0.2, 0.25) is 0 Å². The minimum atomic E-state index is 0.514. The van der Waals surface area contributed by atoms with E-state index >= 15 is 0 Å². The highest BCUT2D eigenvalue weighted by molar-refractivity contribution is 4.81. The van der Waals surface area contributed by atoms with Gasteiger partial charge in [-0.1, -0.05) is 20.8 Å². The second kappa shape index (κ2) is 7.94. The normalized spacial score (nSPS) is 29.7. The number of nitrogens with one attached hydrogen (secondary N) is 1. The lowest BCUT2D eigenvalue weighted by Crippen LogP contribution is -2.46. The van der Waals surface area contributed by atoms with Crippen molar-refractivity contribution >= 4 is 0 Å². The molecule has 21 heavy (non-hydrogen) atoms. The van der Waals surface area contributed by atoms with E-state index in [-0.39, 0.29) is 0 Å². The Kier molecular flexibility index (Phi) is 6.51. The molecular weight excluding hydrogens is 258 g/mol. The van der Waals surface area contributed by atoms with E-state index in [2.05, 4.69) is 42.9 Å². The largest absolute Gasteiger partial charge is 0.315 e. The fourth-order valence-electron chi connectivity index (χ4n) is 3.85. The molecule has 2 fully saturated rings. The lowest BCUT2D eigenvalue weighted by atomic mass is 9.70. The summed E-state index contributed by atoms with van der Waals surface area (Å²) in [6.07, 6.45) is 5.75. The van der Waals surface area contributed by atoms with Crippen LogP contribution in [-0.2, 0) is 0 Å². The molecule has 1 N–H and O–H groups in total. The van der Waals surface area contributed by atoms with Crippen molar-refractivity contribution in [3.05, 3.63) is 0 Å². The number of hydrogen-bond donors (Lipinski definition) is 1. The summed E-state index contributed by atoms with van der Waals surface area (Å²) in [6.45, 7) is 15.8. The zero-order valence-electron chi connectivity index (χ0n) is 14.8. The summed E-state index contributed by atoms with van der Waals surface area (Å²) in [5, 5.41) is 3.71. The maximum absolute atomic E-state index is 3.71. The van der Waals surface area contributed by atoms with Crippen LogP contribution in [-0.4, -0.2) is 62.7 Å². The van der Waals surface area contributed by atoms with Crippen molar-refractivity contribution < 1.29 is 0 Å². The SMILES string of the molecule is CN1CCN(CCNCC2CCC(C(C)(C)C)CC2)CC1. The lowest BCUT2D eigenvalue weighted by Gasteiger charge is -2.37. The van der Waals surface area contributed by atoms with E-state index in [0.717, 1.165) is 11.8 Å². The first kappa shape index (κ1) is 17.2. The minimum Gasteiger partial charge on any atom is -0.315 e. The molecule has 3 heteroatoms. The average molecular weight is 296 g/mol. The standard InChI is InChI=1S/C18H37N3/c1-18(2,3)17-7-5-16(6-8-17)15-19-9-10-21-13-11-20(4)12-14-21/h16-17,19H,5-15H2,1-4H3. The molecule has 1 saturated heterocycles. The highest BCUT2D eigenvalue weighted by atomic mass is 15.2. The Labute approximate surface area is 132 Å². The molecule has 0 bridgehead atoms. The van der Waals surface area contributed by atoms with Crippen molar-refractivity contribution in [2.75, 3.05) is 52.9 Å². The van der Waals surface area contributed by atoms with Crippen molar-refractivity contribution in [1.29, 1.82) is 0 Å². The molecule has 1 aliphatic carbocycles. The van der Waals surface area contributed by atoms with Gasteiger partial charge in [0.05, 0.1) is 0 Å². The molecule has 1 heterocycles. The Balaban J connectivity index is 1.52. The van der Waals surface area contributed by atoms with Crippen LogP contribution >= 0.6 is 0 Å². The maximum Gasteiger partial charge on any atom is 0.0110 e. The van der Waals surface area contributed by atoms with E-state index in [1.165, 1.54) is 71.5 Å². The first-order valence-electron chi connectivity index (χ1n) is 9.07. The van der Waals surface area contributed by atoms with E-state index in [4.69, 9.17) is 0 Å². The van der Waals surface area contributed by atoms with Gasteiger partial charge in [-0.2, -0.15) is 0 Å². The quantitative estimate of drug-likeness (QED) is 0.787. The minimum absolute atomic E-state index is 0.514. The monoisotopic (exact) mass is 295 g/mol. The van der Waals surface area contributed by atoms with E-state index in [9.17, 15) is 0 Å². The third kappa shape index (κ3) is 5.88. The van der Waals surface area contributed by atoms with Crippen LogP contribution in [0.25, 0.3) is 0 Å². The Morgan fingerprint density at radius 2 is 1.57 bits per heavy atom. The predicted molar refractivity (Wildman–Crippen MR) is 91.7 cm³/mol. The van der Waals surface area contributed by atoms with Gasteiger partial charge in [-0.15, -0.1) is 0 Å². The van der Waals surface area contributed by atoms with Gasteiger partial charge in [-0.05, 0) is 56.5 Å². The summed E-state index contributed by atoms with van der Waals surface area (Å²) >= 11 is 0. The molecule has 1 aliphatic heterocycles. The number of piperazine rings is 1. The third-order valence-corrected chi connectivity index (χ3v) is 5.71. The molecule has 0 unspecified atom stereocenters. The first-order valence-corrected chi connectivity index (χ1v) is 9.07. The van der Waals surface area contributed by atoms with Gasteiger partial charge in [-0.25, -0.2) is 0 Å². The molecule has 124 valence electrons. The average Bonchev–Trinajstić information content (AvgIpc) is 2.45. The van der Waals surface area contributed by atoms with Crippen LogP contribution < -0.4 is 5.32 Å². The molecule has 0 aromatic heterocycles. The Morgan fingerprint density at radius 3 is 2.14 bits per heavy atom. The highest BCUT2D eigenvalue weighted by Crippen LogP contribution is 2.39. The van der Waals surface area contributed by atoms with Crippen molar-refractivity contribution in [3.8, 4) is 0 Å². The first-order chi connectivity index (χ1) is 9.95. The van der Waals surface area contributed by atoms with Gasteiger partial charge in [0.25, 0.3) is 0 Å². The van der Waals surface area contributed by atoms with Crippen LogP contribution in [0.1, 0.15) is 46.5 Å². The van der Waals surface area contributed by atoms with Gasteiger partial charge < -0.3 is 10.2 Å². The molecule has 0 atom stereocenters. The summed E-state index contributed by atoms with van der Waals surface area (Å²) in [6, 6.07) is 0. The highest BCUT2D eigenvalue weighted by Gasteiger charge is 2.29. The number of likely N-dealkylation sites (N-methyl/N-ethyl adjacent to an activating group) is 1. The molecule has 0 amide bonds. The fourth-order valence-corrected chi connectivity index (χ4v) is 3.85. The molecule has 0 aromatic rings. The predicted octanol–water partition coefficient (Wildman–Crippen LogP) is 2.68. The third-order valence-electron chi connectivity index (χ3n) is 5.71. The van der Waals surface area contributed by atoms with Crippen LogP contribution in [0.2, 0.25) is 0 Å². The van der Waals surface area contributed by atoms with E-state index in [0.29, 0.717) is 5.41 Å². The zero-order chi connectivity index (χ0) is 15.3. The van der Waals surface area contributed by atoms with Crippen LogP contribution in [0.5, 0.6) is 0 Å². The van der Waals surface area contributed by atoms with Crippen molar-refractivity contribution in [3.63, 3.8) is 0 Å². The van der Waals surface area contributed by atoms with Crippen LogP contribution in [0.15, 0.2) is 0 Å². The number of nitrogens with zero attached hydrogens (tertiary/aromatic N) is 2. The Bertz CT molecular complexity index is 281. The van der Waals surface area contributed by atoms with Crippen molar-refractivity contribution in [2.45, 2.75) is 46.5 Å². The number of hydrogen-bond acceptors (Lipinski definition) is 3. The molecule has 0 radical (unpaired) electrons. The number of rotatable bonds is 5. The Hall–Kier alpha value is -0.120. The van der Waals surface area contributed by atoms with E-state index in [1.807, 2.05) is 0 Å². The molecule has 0 spiro atoms. The van der Waals surface area contributed by atoms with Crippen LogP contribution in [0, 0.1) is 17.3 Å². The molecule has 1 saturated carbocycles. The molecular formula is C18H37N3. The smallest absolute Gasteiger partial charge is 0.0110 e. The molecule has 0 aromatic carbocycles. The van der Waals surface area contributed by atoms with Gasteiger partial charge >= 0.3 is 0 Å². The summed E-state index contributed by atoms with van der Waals surface area (Å²) in [5.41, 5.74) is 0.514. The van der Waals surface area contributed by atoms with Gasteiger partial charge in [0.1, 0.15) is 0 Å². The Morgan fingerprint density at radius 1 is 0.952 bits per heavy atom. The van der Waals surface area contributed by atoms with Crippen molar-refractivity contribution in [1.82, 2.24) is 15.1 Å². The van der Waals surface area contributed by atoms with Gasteiger partial charge in [0.15, 0.2) is 0 Å². The maximum atomic E-state index is 3.71. The van der Waals surface area contributed by atoms with E-state index < -0.39 is 0 Å². The second-order valence-electron chi connectivity index (χ2n) is 8.43. The van der Waals surface area contributed by atoms with Crippen LogP contribution in [0.3, 0.4) is 0 Å². The second-order valence-corrected chi connectivity index (χ2v) is 8.43. The molecule has 2 rings (SSSR count). The zero-order valence-corrected chi connectivity index (χ0v) is 14.8. The molecule has 2 aliphatic rings. The van der Waals surface area contributed by atoms with Crippen LogP contribution in [0.4, 0.5) is 0 Å². The summed E-state index contributed by atoms with van der Waals surface area (Å²) in [4.78, 5) is 5.03. The summed E-state index contributed by atoms with van der Waals surface area (Å²) < 4.78 is 0. The summed E-state index contributed by atoms with van der Waals surface area (Å²) in [5.74, 6) is 1.87. The lowest BCUT2D eigenvalue weighted by molar-refractivity contribution is 0.143. The molecule has 3 nitrogen and oxygen atoms in total. The topological polar surface area (TPSA) is 18.5 Å².